The minimum atomic E-state index is -3.52. The van der Waals surface area contributed by atoms with Crippen molar-refractivity contribution in [3.63, 3.8) is 0 Å². The molecule has 20 heavy (non-hydrogen) atoms. The number of para-hydroxylation sites is 1. The highest BCUT2D eigenvalue weighted by Crippen LogP contribution is 2.25. The molecule has 7 heteroatoms. The Hall–Kier alpha value is -1.44. The molecular weight excluding hydrogens is 296 g/mol. The normalized spacial score (nSPS) is 11.5. The van der Waals surface area contributed by atoms with Gasteiger partial charge in [0.15, 0.2) is 0 Å². The predicted molar refractivity (Wildman–Crippen MR) is 80.5 cm³/mol. The summed E-state index contributed by atoms with van der Waals surface area (Å²) in [7, 11) is -2.17. The second kappa shape index (κ2) is 6.34. The molecule has 1 aromatic carbocycles. The SMILES string of the molecule is CNS(=O)(=O)c1ccc(CNc2ccccc2SC)o1. The minimum absolute atomic E-state index is 0.0741. The molecule has 0 fully saturated rings. The first kappa shape index (κ1) is 15.0. The number of nitrogens with one attached hydrogen (secondary N) is 2. The molecule has 0 bridgehead atoms. The lowest BCUT2D eigenvalue weighted by molar-refractivity contribution is 0.417. The molecular formula is C13H16N2O3S2. The van der Waals surface area contributed by atoms with Crippen molar-refractivity contribution in [2.75, 3.05) is 18.6 Å². The van der Waals surface area contributed by atoms with E-state index in [1.165, 1.54) is 13.1 Å². The standard InChI is InChI=1S/C13H16N2O3S2/c1-14-20(16,17)13-8-7-10(18-13)9-15-11-5-3-4-6-12(11)19-2/h3-8,14-15H,9H2,1-2H3. The van der Waals surface area contributed by atoms with Crippen molar-refractivity contribution >= 4 is 27.5 Å². The third kappa shape index (κ3) is 3.36. The molecule has 0 amide bonds. The van der Waals surface area contributed by atoms with Gasteiger partial charge < -0.3 is 9.73 Å². The number of anilines is 1. The molecule has 0 saturated heterocycles. The van der Waals surface area contributed by atoms with Crippen molar-refractivity contribution in [1.82, 2.24) is 4.72 Å². The first-order valence-electron chi connectivity index (χ1n) is 5.96. The smallest absolute Gasteiger partial charge is 0.273 e. The Morgan fingerprint density at radius 1 is 1.20 bits per heavy atom. The molecule has 2 rings (SSSR count). The fourth-order valence-electron chi connectivity index (χ4n) is 1.67. The van der Waals surface area contributed by atoms with Gasteiger partial charge in [-0.1, -0.05) is 12.1 Å². The number of rotatable bonds is 6. The van der Waals surface area contributed by atoms with E-state index in [1.807, 2.05) is 30.5 Å². The van der Waals surface area contributed by atoms with E-state index in [0.29, 0.717) is 12.3 Å². The van der Waals surface area contributed by atoms with Crippen LogP contribution in [-0.2, 0) is 16.6 Å². The van der Waals surface area contributed by atoms with Gasteiger partial charge in [0.05, 0.1) is 6.54 Å². The van der Waals surface area contributed by atoms with E-state index in [1.54, 1.807) is 17.8 Å². The average Bonchev–Trinajstić information content (AvgIpc) is 2.95. The maximum Gasteiger partial charge on any atom is 0.273 e. The summed E-state index contributed by atoms with van der Waals surface area (Å²) in [5.74, 6) is 0.565. The van der Waals surface area contributed by atoms with E-state index < -0.39 is 10.0 Å². The average molecular weight is 312 g/mol. The van der Waals surface area contributed by atoms with Crippen LogP contribution in [0.1, 0.15) is 5.76 Å². The number of benzene rings is 1. The van der Waals surface area contributed by atoms with Gasteiger partial charge in [-0.2, -0.15) is 0 Å². The van der Waals surface area contributed by atoms with Crippen LogP contribution in [0.25, 0.3) is 0 Å². The van der Waals surface area contributed by atoms with Gasteiger partial charge in [-0.25, -0.2) is 13.1 Å². The third-order valence-corrected chi connectivity index (χ3v) is 4.81. The lowest BCUT2D eigenvalue weighted by atomic mass is 10.3. The summed E-state index contributed by atoms with van der Waals surface area (Å²) >= 11 is 1.64. The number of thioether (sulfide) groups is 1. The molecule has 0 saturated carbocycles. The van der Waals surface area contributed by atoms with Gasteiger partial charge in [-0.3, -0.25) is 0 Å². The molecule has 0 aliphatic carbocycles. The molecule has 5 nitrogen and oxygen atoms in total. The van der Waals surface area contributed by atoms with E-state index in [9.17, 15) is 8.42 Å². The molecule has 0 unspecified atom stereocenters. The summed E-state index contributed by atoms with van der Waals surface area (Å²) < 4.78 is 30.7. The van der Waals surface area contributed by atoms with Crippen LogP contribution in [0.5, 0.6) is 0 Å². The highest BCUT2D eigenvalue weighted by atomic mass is 32.2. The van der Waals surface area contributed by atoms with Crippen LogP contribution in [0.4, 0.5) is 5.69 Å². The second-order valence-electron chi connectivity index (χ2n) is 3.98. The molecule has 2 N–H and O–H groups in total. The number of furan rings is 1. The van der Waals surface area contributed by atoms with Crippen LogP contribution in [0.2, 0.25) is 0 Å². The Labute approximate surface area is 122 Å². The van der Waals surface area contributed by atoms with Crippen LogP contribution < -0.4 is 10.0 Å². The number of sulfonamides is 1. The van der Waals surface area contributed by atoms with Crippen molar-refractivity contribution in [3.05, 3.63) is 42.2 Å². The van der Waals surface area contributed by atoms with Gasteiger partial charge in [0.1, 0.15) is 5.76 Å². The molecule has 2 aromatic rings. The monoisotopic (exact) mass is 312 g/mol. The Morgan fingerprint density at radius 2 is 1.95 bits per heavy atom. The molecule has 0 aliphatic rings. The van der Waals surface area contributed by atoms with Crippen LogP contribution in [-0.4, -0.2) is 21.7 Å². The Bertz CT molecular complexity index is 680. The van der Waals surface area contributed by atoms with Crippen molar-refractivity contribution < 1.29 is 12.8 Å². The molecule has 0 atom stereocenters. The van der Waals surface area contributed by atoms with E-state index in [0.717, 1.165) is 10.6 Å². The maximum absolute atomic E-state index is 11.6. The van der Waals surface area contributed by atoms with Crippen LogP contribution in [0, 0.1) is 0 Å². The number of hydrogen-bond acceptors (Lipinski definition) is 5. The van der Waals surface area contributed by atoms with E-state index in [2.05, 4.69) is 10.0 Å². The molecule has 1 aromatic heterocycles. The zero-order valence-electron chi connectivity index (χ0n) is 11.2. The first-order valence-corrected chi connectivity index (χ1v) is 8.67. The quantitative estimate of drug-likeness (QED) is 0.802. The summed E-state index contributed by atoms with van der Waals surface area (Å²) in [4.78, 5) is 1.13. The van der Waals surface area contributed by atoms with Crippen molar-refractivity contribution in [2.24, 2.45) is 0 Å². The summed E-state index contributed by atoms with van der Waals surface area (Å²) in [6.07, 6.45) is 2.00. The predicted octanol–water partition coefficient (Wildman–Crippen LogP) is 2.52. The summed E-state index contributed by atoms with van der Waals surface area (Å²) in [6.45, 7) is 0.427. The lowest BCUT2D eigenvalue weighted by Gasteiger charge is -2.08. The molecule has 1 heterocycles. The van der Waals surface area contributed by atoms with Crippen molar-refractivity contribution in [3.8, 4) is 0 Å². The fourth-order valence-corrected chi connectivity index (χ4v) is 2.91. The first-order chi connectivity index (χ1) is 9.56. The molecule has 0 spiro atoms. The summed E-state index contributed by atoms with van der Waals surface area (Å²) in [6, 6.07) is 11.0. The summed E-state index contributed by atoms with van der Waals surface area (Å²) in [5.41, 5.74) is 0.995. The minimum Gasteiger partial charge on any atom is -0.446 e. The summed E-state index contributed by atoms with van der Waals surface area (Å²) in [5, 5.41) is 3.16. The van der Waals surface area contributed by atoms with Gasteiger partial charge in [0.25, 0.3) is 10.0 Å². The second-order valence-corrected chi connectivity index (χ2v) is 6.65. The van der Waals surface area contributed by atoms with Crippen LogP contribution in [0.15, 0.2) is 50.8 Å². The molecule has 0 aliphatic heterocycles. The third-order valence-electron chi connectivity index (χ3n) is 2.73. The Kier molecular flexibility index (Phi) is 4.74. The molecule has 108 valence electrons. The van der Waals surface area contributed by atoms with E-state index in [4.69, 9.17) is 4.42 Å². The van der Waals surface area contributed by atoms with Gasteiger partial charge in [0, 0.05) is 10.6 Å². The zero-order valence-corrected chi connectivity index (χ0v) is 12.8. The van der Waals surface area contributed by atoms with Gasteiger partial charge in [-0.05, 0) is 37.6 Å². The highest BCUT2D eigenvalue weighted by Gasteiger charge is 2.16. The topological polar surface area (TPSA) is 71.3 Å². The van der Waals surface area contributed by atoms with Gasteiger partial charge in [-0.15, -0.1) is 11.8 Å². The maximum atomic E-state index is 11.6. The number of hydrogen-bond donors (Lipinski definition) is 2. The zero-order chi connectivity index (χ0) is 14.6. The largest absolute Gasteiger partial charge is 0.446 e. The highest BCUT2D eigenvalue weighted by molar-refractivity contribution is 7.98. The van der Waals surface area contributed by atoms with Gasteiger partial charge >= 0.3 is 0 Å². The van der Waals surface area contributed by atoms with Gasteiger partial charge in [0.2, 0.25) is 5.09 Å². The fraction of sp³-hybridized carbons (Fsp3) is 0.231. The molecule has 0 radical (unpaired) electrons. The van der Waals surface area contributed by atoms with Crippen LogP contribution in [0.3, 0.4) is 0 Å². The Balaban J connectivity index is 2.09. The van der Waals surface area contributed by atoms with E-state index in [-0.39, 0.29) is 5.09 Å². The van der Waals surface area contributed by atoms with Crippen LogP contribution >= 0.6 is 11.8 Å². The van der Waals surface area contributed by atoms with Crippen molar-refractivity contribution in [1.29, 1.82) is 0 Å². The Morgan fingerprint density at radius 3 is 2.65 bits per heavy atom. The van der Waals surface area contributed by atoms with Crippen molar-refractivity contribution in [2.45, 2.75) is 16.5 Å². The van der Waals surface area contributed by atoms with E-state index >= 15 is 0 Å². The lowest BCUT2D eigenvalue weighted by Crippen LogP contribution is -2.17.